The zero-order valence-corrected chi connectivity index (χ0v) is 16.5. The van der Waals surface area contributed by atoms with Crippen LogP contribution in [0.15, 0.2) is 78.9 Å². The van der Waals surface area contributed by atoms with Crippen molar-refractivity contribution < 1.29 is 9.59 Å². The van der Waals surface area contributed by atoms with Gasteiger partial charge in [0.05, 0.1) is 0 Å². The van der Waals surface area contributed by atoms with Crippen molar-refractivity contribution in [2.45, 2.75) is 12.8 Å². The lowest BCUT2D eigenvalue weighted by atomic mass is 10.0. The maximum atomic E-state index is 12.1. The maximum absolute atomic E-state index is 12.1. The lowest BCUT2D eigenvalue weighted by Crippen LogP contribution is -2.48. The van der Waals surface area contributed by atoms with Crippen molar-refractivity contribution in [3.8, 4) is 0 Å². The highest BCUT2D eigenvalue weighted by Gasteiger charge is 2.05. The second-order valence-electron chi connectivity index (χ2n) is 6.38. The zero-order chi connectivity index (χ0) is 20.5. The summed E-state index contributed by atoms with van der Waals surface area (Å²) in [6.07, 6.45) is 4.08. The molecule has 3 aromatic rings. The lowest BCUT2D eigenvalue weighted by molar-refractivity contribution is -0.121. The molecular formula is C23H21N3O2S. The second kappa shape index (κ2) is 10.1. The Balaban J connectivity index is 1.44. The third-order valence-corrected chi connectivity index (χ3v) is 4.48. The molecule has 2 amide bonds. The Labute approximate surface area is 174 Å². The number of carbonyl (C=O) groups is 2. The first-order valence-electron chi connectivity index (χ1n) is 9.21. The number of carbonyl (C=O) groups excluding carboxylic acids is 2. The number of hydrogen-bond acceptors (Lipinski definition) is 3. The fourth-order valence-corrected chi connectivity index (χ4v) is 2.99. The van der Waals surface area contributed by atoms with Crippen LogP contribution in [0.4, 0.5) is 0 Å². The Hall–Kier alpha value is -3.51. The molecule has 3 rings (SSSR count). The zero-order valence-electron chi connectivity index (χ0n) is 15.7. The summed E-state index contributed by atoms with van der Waals surface area (Å²) >= 11 is 5.04. The van der Waals surface area contributed by atoms with Gasteiger partial charge in [0.2, 0.25) is 11.8 Å². The molecule has 29 heavy (non-hydrogen) atoms. The van der Waals surface area contributed by atoms with E-state index >= 15 is 0 Å². The summed E-state index contributed by atoms with van der Waals surface area (Å²) in [6, 6.07) is 23.6. The minimum Gasteiger partial charge on any atom is -0.298 e. The van der Waals surface area contributed by atoms with Gasteiger partial charge >= 0.3 is 0 Å². The normalized spacial score (nSPS) is 10.6. The predicted octanol–water partition coefficient (Wildman–Crippen LogP) is 3.51. The van der Waals surface area contributed by atoms with E-state index in [0.29, 0.717) is 12.8 Å². The van der Waals surface area contributed by atoms with Gasteiger partial charge in [-0.15, -0.1) is 0 Å². The van der Waals surface area contributed by atoms with Gasteiger partial charge in [-0.1, -0.05) is 72.8 Å². The number of hydrogen-bond donors (Lipinski definition) is 3. The molecule has 3 N–H and O–H groups in total. The molecule has 0 bridgehead atoms. The van der Waals surface area contributed by atoms with E-state index in [1.54, 1.807) is 6.08 Å². The second-order valence-corrected chi connectivity index (χ2v) is 6.79. The number of thiocarbonyl (C=S) groups is 1. The van der Waals surface area contributed by atoms with Crippen molar-refractivity contribution in [1.29, 1.82) is 0 Å². The number of aryl methyl sites for hydroxylation is 1. The summed E-state index contributed by atoms with van der Waals surface area (Å²) in [5, 5.41) is 4.70. The van der Waals surface area contributed by atoms with Crippen molar-refractivity contribution in [3.05, 3.63) is 90.0 Å². The predicted molar refractivity (Wildman–Crippen MR) is 120 cm³/mol. The van der Waals surface area contributed by atoms with Gasteiger partial charge in [0, 0.05) is 12.5 Å². The molecule has 5 nitrogen and oxygen atoms in total. The number of fused-ring (bicyclic) bond motifs is 1. The van der Waals surface area contributed by atoms with E-state index in [2.05, 4.69) is 16.2 Å². The van der Waals surface area contributed by atoms with Gasteiger partial charge in [-0.2, -0.15) is 0 Å². The molecule has 0 fully saturated rings. The average molecular weight is 404 g/mol. The quantitative estimate of drug-likeness (QED) is 0.346. The van der Waals surface area contributed by atoms with Crippen molar-refractivity contribution >= 4 is 46.0 Å². The maximum Gasteiger partial charge on any atom is 0.250 e. The van der Waals surface area contributed by atoms with E-state index in [-0.39, 0.29) is 16.9 Å². The van der Waals surface area contributed by atoms with E-state index in [1.165, 1.54) is 6.08 Å². The Bertz CT molecular complexity index is 1040. The molecule has 0 saturated heterocycles. The van der Waals surface area contributed by atoms with Crippen molar-refractivity contribution in [2.75, 3.05) is 0 Å². The Kier molecular flexibility index (Phi) is 7.08. The summed E-state index contributed by atoms with van der Waals surface area (Å²) in [5.74, 6) is -0.592. The monoisotopic (exact) mass is 403 g/mol. The topological polar surface area (TPSA) is 70.2 Å². The molecule has 146 valence electrons. The summed E-state index contributed by atoms with van der Waals surface area (Å²) in [5.41, 5.74) is 7.05. The minimum atomic E-state index is -0.381. The van der Waals surface area contributed by atoms with Crippen LogP contribution in [-0.4, -0.2) is 16.9 Å². The third kappa shape index (κ3) is 6.26. The molecule has 3 aromatic carbocycles. The van der Waals surface area contributed by atoms with Gasteiger partial charge in [0.15, 0.2) is 5.11 Å². The molecule has 0 heterocycles. The third-order valence-electron chi connectivity index (χ3n) is 4.27. The standard InChI is InChI=1S/C23H21N3O2S/c27-21(16-14-19-11-6-10-18-9-4-5-12-20(18)19)24-23(29)26-25-22(28)15-13-17-7-2-1-3-8-17/h1-12,14,16H,13,15H2,(H,25,28)(H2,24,26,27,29). The molecule has 0 aliphatic rings. The van der Waals surface area contributed by atoms with Crippen LogP contribution in [0.3, 0.4) is 0 Å². The number of nitrogens with one attached hydrogen (secondary N) is 3. The molecule has 0 unspecified atom stereocenters. The molecule has 0 spiro atoms. The number of benzene rings is 3. The Morgan fingerprint density at radius 3 is 2.41 bits per heavy atom. The molecular weight excluding hydrogens is 382 g/mol. The molecule has 0 aliphatic carbocycles. The molecule has 0 aliphatic heterocycles. The van der Waals surface area contributed by atoms with Crippen LogP contribution in [-0.2, 0) is 16.0 Å². The smallest absolute Gasteiger partial charge is 0.250 e. The first-order chi connectivity index (χ1) is 14.1. The molecule has 0 saturated carbocycles. The van der Waals surface area contributed by atoms with Gasteiger partial charge in [-0.3, -0.25) is 25.8 Å². The molecule has 0 radical (unpaired) electrons. The molecule has 6 heteroatoms. The first-order valence-corrected chi connectivity index (χ1v) is 9.62. The van der Waals surface area contributed by atoms with Crippen LogP contribution in [0.25, 0.3) is 16.8 Å². The summed E-state index contributed by atoms with van der Waals surface area (Å²) in [6.45, 7) is 0. The number of rotatable bonds is 5. The van der Waals surface area contributed by atoms with Crippen molar-refractivity contribution in [2.24, 2.45) is 0 Å². The van der Waals surface area contributed by atoms with Gasteiger partial charge in [0.25, 0.3) is 0 Å². The number of amides is 2. The van der Waals surface area contributed by atoms with Crippen LogP contribution in [0.5, 0.6) is 0 Å². The van der Waals surface area contributed by atoms with Gasteiger partial charge in [0.1, 0.15) is 0 Å². The average Bonchev–Trinajstić information content (AvgIpc) is 2.75. The first kappa shape index (κ1) is 20.2. The van der Waals surface area contributed by atoms with Crippen molar-refractivity contribution in [3.63, 3.8) is 0 Å². The van der Waals surface area contributed by atoms with E-state index in [4.69, 9.17) is 12.2 Å². The lowest BCUT2D eigenvalue weighted by Gasteiger charge is -2.09. The van der Waals surface area contributed by atoms with Crippen molar-refractivity contribution in [1.82, 2.24) is 16.2 Å². The van der Waals surface area contributed by atoms with Crippen LogP contribution in [0.1, 0.15) is 17.5 Å². The minimum absolute atomic E-state index is 0.0330. The van der Waals surface area contributed by atoms with Gasteiger partial charge in [-0.25, -0.2) is 0 Å². The van der Waals surface area contributed by atoms with Crippen LogP contribution in [0, 0.1) is 0 Å². The van der Waals surface area contributed by atoms with Crippen LogP contribution in [0.2, 0.25) is 0 Å². The highest BCUT2D eigenvalue weighted by molar-refractivity contribution is 7.80. The fraction of sp³-hybridized carbons (Fsp3) is 0.0870. The van der Waals surface area contributed by atoms with Crippen LogP contribution >= 0.6 is 12.2 Å². The summed E-state index contributed by atoms with van der Waals surface area (Å²) in [4.78, 5) is 24.0. The van der Waals surface area contributed by atoms with E-state index in [0.717, 1.165) is 21.9 Å². The number of hydrazine groups is 1. The molecule has 0 atom stereocenters. The van der Waals surface area contributed by atoms with Gasteiger partial charge < -0.3 is 0 Å². The SMILES string of the molecule is O=C(C=Cc1cccc2ccccc12)NC(=S)NNC(=O)CCc1ccccc1. The van der Waals surface area contributed by atoms with E-state index < -0.39 is 0 Å². The van der Waals surface area contributed by atoms with E-state index in [1.807, 2.05) is 72.8 Å². The summed E-state index contributed by atoms with van der Waals surface area (Å²) in [7, 11) is 0. The summed E-state index contributed by atoms with van der Waals surface area (Å²) < 4.78 is 0. The van der Waals surface area contributed by atoms with Gasteiger partial charge in [-0.05, 0) is 46.6 Å². The largest absolute Gasteiger partial charge is 0.298 e. The Morgan fingerprint density at radius 2 is 1.59 bits per heavy atom. The molecule has 0 aromatic heterocycles. The highest BCUT2D eigenvalue weighted by atomic mass is 32.1. The van der Waals surface area contributed by atoms with Crippen LogP contribution < -0.4 is 16.2 Å². The Morgan fingerprint density at radius 1 is 0.862 bits per heavy atom. The highest BCUT2D eigenvalue weighted by Crippen LogP contribution is 2.19. The van der Waals surface area contributed by atoms with E-state index in [9.17, 15) is 9.59 Å². The fourth-order valence-electron chi connectivity index (χ4n) is 2.84.